The third-order valence-electron chi connectivity index (χ3n) is 2.77. The predicted octanol–water partition coefficient (Wildman–Crippen LogP) is 6.00. The van der Waals surface area contributed by atoms with E-state index >= 15 is 0 Å². The molecular formula is C14H7F6I. The zero-order chi connectivity index (χ0) is 15.8. The number of benzene rings is 2. The standard InChI is InChI=1S/C14H7F6I/c15-13(16,17)10-3-1-8(2-4-10)9-5-11(14(18,19)20)7-12(21)6-9/h1-7H. The smallest absolute Gasteiger partial charge is 0.166 e. The van der Waals surface area contributed by atoms with Crippen molar-refractivity contribution in [3.05, 3.63) is 57.2 Å². The van der Waals surface area contributed by atoms with Gasteiger partial charge < -0.3 is 0 Å². The highest BCUT2D eigenvalue weighted by Gasteiger charge is 2.32. The van der Waals surface area contributed by atoms with Crippen LogP contribution in [0.25, 0.3) is 11.1 Å². The highest BCUT2D eigenvalue weighted by Crippen LogP contribution is 2.35. The SMILES string of the molecule is FC(F)(F)c1ccc(-c2cc(I)cc(C(F)(F)F)c2)cc1. The monoisotopic (exact) mass is 416 g/mol. The Labute approximate surface area is 129 Å². The second-order valence-electron chi connectivity index (χ2n) is 4.30. The van der Waals surface area contributed by atoms with E-state index in [1.54, 1.807) is 22.6 Å². The molecule has 112 valence electrons. The first-order valence-electron chi connectivity index (χ1n) is 5.63. The molecule has 0 amide bonds. The molecule has 21 heavy (non-hydrogen) atoms. The molecule has 0 bridgehead atoms. The molecule has 0 N–H and O–H groups in total. The van der Waals surface area contributed by atoms with Crippen LogP contribution in [0, 0.1) is 3.57 Å². The van der Waals surface area contributed by atoms with Gasteiger partial charge in [0.15, 0.2) is 0 Å². The molecule has 0 atom stereocenters. The molecule has 0 aliphatic heterocycles. The number of halogens is 7. The average Bonchev–Trinajstić information content (AvgIpc) is 2.36. The Morgan fingerprint density at radius 2 is 1.14 bits per heavy atom. The maximum Gasteiger partial charge on any atom is 0.416 e. The van der Waals surface area contributed by atoms with E-state index in [1.165, 1.54) is 6.07 Å². The minimum absolute atomic E-state index is 0.225. The van der Waals surface area contributed by atoms with Gasteiger partial charge in [-0.1, -0.05) is 12.1 Å². The maximum absolute atomic E-state index is 12.7. The van der Waals surface area contributed by atoms with E-state index in [0.29, 0.717) is 9.13 Å². The molecule has 0 nitrogen and oxygen atoms in total. The molecule has 0 radical (unpaired) electrons. The normalized spacial score (nSPS) is 12.5. The first kappa shape index (κ1) is 16.1. The summed E-state index contributed by atoms with van der Waals surface area (Å²) < 4.78 is 75.9. The van der Waals surface area contributed by atoms with Gasteiger partial charge in [0.25, 0.3) is 0 Å². The summed E-state index contributed by atoms with van der Waals surface area (Å²) in [7, 11) is 0. The topological polar surface area (TPSA) is 0 Å². The third kappa shape index (κ3) is 3.90. The van der Waals surface area contributed by atoms with Gasteiger partial charge in [-0.25, -0.2) is 0 Å². The van der Waals surface area contributed by atoms with Gasteiger partial charge in [-0.05, 0) is 64.0 Å². The highest BCUT2D eigenvalue weighted by molar-refractivity contribution is 14.1. The van der Waals surface area contributed by atoms with Gasteiger partial charge in [-0.2, -0.15) is 26.3 Å². The summed E-state index contributed by atoms with van der Waals surface area (Å²) >= 11 is 1.74. The molecule has 7 heteroatoms. The Hall–Kier alpha value is -1.25. The van der Waals surface area contributed by atoms with Crippen molar-refractivity contribution >= 4 is 22.6 Å². The zero-order valence-corrected chi connectivity index (χ0v) is 12.3. The molecule has 0 heterocycles. The average molecular weight is 416 g/mol. The molecule has 2 rings (SSSR count). The van der Waals surface area contributed by atoms with Crippen LogP contribution in [0.15, 0.2) is 42.5 Å². The van der Waals surface area contributed by atoms with Crippen molar-refractivity contribution in [3.8, 4) is 11.1 Å². The van der Waals surface area contributed by atoms with Gasteiger partial charge in [0.2, 0.25) is 0 Å². The number of hydrogen-bond acceptors (Lipinski definition) is 0. The van der Waals surface area contributed by atoms with Crippen LogP contribution < -0.4 is 0 Å². The second-order valence-corrected chi connectivity index (χ2v) is 5.55. The molecule has 0 unspecified atom stereocenters. The van der Waals surface area contributed by atoms with Crippen molar-refractivity contribution in [2.24, 2.45) is 0 Å². The van der Waals surface area contributed by atoms with Gasteiger partial charge >= 0.3 is 12.4 Å². The predicted molar refractivity (Wildman–Crippen MR) is 74.6 cm³/mol. The lowest BCUT2D eigenvalue weighted by molar-refractivity contribution is -0.138. The van der Waals surface area contributed by atoms with E-state index in [9.17, 15) is 26.3 Å². The van der Waals surface area contributed by atoms with Crippen LogP contribution in [0.4, 0.5) is 26.3 Å². The lowest BCUT2D eigenvalue weighted by atomic mass is 10.0. The fourth-order valence-corrected chi connectivity index (χ4v) is 2.44. The summed E-state index contributed by atoms with van der Waals surface area (Å²) in [6.45, 7) is 0. The van der Waals surface area contributed by atoms with Crippen molar-refractivity contribution < 1.29 is 26.3 Å². The van der Waals surface area contributed by atoms with E-state index in [2.05, 4.69) is 0 Å². The molecule has 2 aromatic carbocycles. The van der Waals surface area contributed by atoms with Gasteiger partial charge in [0, 0.05) is 3.57 Å². The van der Waals surface area contributed by atoms with Crippen LogP contribution in [0.1, 0.15) is 11.1 Å². The molecule has 0 spiro atoms. The Morgan fingerprint density at radius 3 is 1.62 bits per heavy atom. The van der Waals surface area contributed by atoms with E-state index in [0.717, 1.165) is 36.4 Å². The van der Waals surface area contributed by atoms with Crippen molar-refractivity contribution in [2.45, 2.75) is 12.4 Å². The number of alkyl halides is 6. The molecule has 0 aliphatic carbocycles. The lowest BCUT2D eigenvalue weighted by Gasteiger charge is -2.11. The first-order valence-corrected chi connectivity index (χ1v) is 6.71. The van der Waals surface area contributed by atoms with Crippen molar-refractivity contribution in [1.29, 1.82) is 0 Å². The van der Waals surface area contributed by atoms with Crippen LogP contribution in [0.3, 0.4) is 0 Å². The molecule has 0 aliphatic rings. The fraction of sp³-hybridized carbons (Fsp3) is 0.143. The second kappa shape index (κ2) is 5.51. The van der Waals surface area contributed by atoms with Crippen molar-refractivity contribution in [1.82, 2.24) is 0 Å². The Morgan fingerprint density at radius 1 is 0.619 bits per heavy atom. The van der Waals surface area contributed by atoms with Crippen LogP contribution in [-0.2, 0) is 12.4 Å². The minimum atomic E-state index is -4.50. The molecule has 0 saturated heterocycles. The molecule has 2 aromatic rings. The number of rotatable bonds is 1. The summed E-state index contributed by atoms with van der Waals surface area (Å²) in [4.78, 5) is 0. The van der Waals surface area contributed by atoms with E-state index in [-0.39, 0.29) is 5.56 Å². The van der Waals surface area contributed by atoms with Crippen LogP contribution in [0.2, 0.25) is 0 Å². The largest absolute Gasteiger partial charge is 0.416 e. The van der Waals surface area contributed by atoms with Crippen LogP contribution >= 0.6 is 22.6 Å². The van der Waals surface area contributed by atoms with E-state index in [1.807, 2.05) is 0 Å². The van der Waals surface area contributed by atoms with Gasteiger partial charge in [-0.3, -0.25) is 0 Å². The van der Waals surface area contributed by atoms with E-state index in [4.69, 9.17) is 0 Å². The summed E-state index contributed by atoms with van der Waals surface area (Å²) in [5.41, 5.74) is -1.15. The summed E-state index contributed by atoms with van der Waals surface area (Å²) in [6.07, 6.45) is -8.97. The van der Waals surface area contributed by atoms with Crippen LogP contribution in [-0.4, -0.2) is 0 Å². The molecule has 0 fully saturated rings. The highest BCUT2D eigenvalue weighted by atomic mass is 127. The van der Waals surface area contributed by atoms with Crippen molar-refractivity contribution in [2.75, 3.05) is 0 Å². The zero-order valence-electron chi connectivity index (χ0n) is 10.2. The quantitative estimate of drug-likeness (QED) is 0.396. The Bertz CT molecular complexity index is 640. The summed E-state index contributed by atoms with van der Waals surface area (Å²) in [5.74, 6) is 0. The summed E-state index contributed by atoms with van der Waals surface area (Å²) in [5, 5.41) is 0. The maximum atomic E-state index is 12.7. The third-order valence-corrected chi connectivity index (χ3v) is 3.39. The first-order chi connectivity index (χ1) is 9.57. The minimum Gasteiger partial charge on any atom is -0.166 e. The Kier molecular flexibility index (Phi) is 4.23. The molecule has 0 saturated carbocycles. The molecular weight excluding hydrogens is 409 g/mol. The summed E-state index contributed by atoms with van der Waals surface area (Å²) in [6, 6.07) is 7.41. The number of hydrogen-bond donors (Lipinski definition) is 0. The van der Waals surface area contributed by atoms with Gasteiger partial charge in [0.1, 0.15) is 0 Å². The lowest BCUT2D eigenvalue weighted by Crippen LogP contribution is -2.06. The van der Waals surface area contributed by atoms with E-state index < -0.39 is 23.5 Å². The van der Waals surface area contributed by atoms with Crippen LogP contribution in [0.5, 0.6) is 0 Å². The Balaban J connectivity index is 2.45. The van der Waals surface area contributed by atoms with Crippen molar-refractivity contribution in [3.63, 3.8) is 0 Å². The molecule has 0 aromatic heterocycles. The fourth-order valence-electron chi connectivity index (χ4n) is 1.77. The van der Waals surface area contributed by atoms with Gasteiger partial charge in [0.05, 0.1) is 11.1 Å². The van der Waals surface area contributed by atoms with Gasteiger partial charge in [-0.15, -0.1) is 0 Å².